The second-order valence-corrected chi connectivity index (χ2v) is 7.60. The molecule has 158 valence electrons. The number of hydrogen-bond acceptors (Lipinski definition) is 5. The summed E-state index contributed by atoms with van der Waals surface area (Å²) in [6.07, 6.45) is -1.53. The Labute approximate surface area is 171 Å². The molecule has 1 aromatic heterocycles. The van der Waals surface area contributed by atoms with Crippen LogP contribution < -0.4 is 10.9 Å². The van der Waals surface area contributed by atoms with E-state index >= 15 is 0 Å². The second-order valence-electron chi connectivity index (χ2n) is 7.22. The van der Waals surface area contributed by atoms with Crippen molar-refractivity contribution in [3.8, 4) is 5.69 Å². The molecule has 1 N–H and O–H groups in total. The predicted octanol–water partition coefficient (Wildman–Crippen LogP) is 3.43. The fourth-order valence-corrected chi connectivity index (χ4v) is 3.54. The summed E-state index contributed by atoms with van der Waals surface area (Å²) < 4.78 is 45.1. The first-order valence-electron chi connectivity index (χ1n) is 9.09. The largest absolute Gasteiger partial charge is 0.416 e. The maximum Gasteiger partial charge on any atom is 0.416 e. The molecule has 1 aliphatic rings. The first kappa shape index (κ1) is 21.6. The summed E-state index contributed by atoms with van der Waals surface area (Å²) in [6.45, 7) is 1.81. The van der Waals surface area contributed by atoms with Crippen molar-refractivity contribution in [3.05, 3.63) is 51.4 Å². The third kappa shape index (κ3) is 4.57. The summed E-state index contributed by atoms with van der Waals surface area (Å²) in [6, 6.07) is 4.38. The molecule has 2 heterocycles. The van der Waals surface area contributed by atoms with E-state index < -0.39 is 17.3 Å². The molecular weight excluding hydrogens is 409 g/mol. The minimum atomic E-state index is -4.52. The van der Waals surface area contributed by atoms with Crippen molar-refractivity contribution in [2.75, 3.05) is 39.2 Å². The van der Waals surface area contributed by atoms with Gasteiger partial charge in [-0.2, -0.15) is 23.0 Å². The van der Waals surface area contributed by atoms with E-state index in [9.17, 15) is 18.0 Å². The van der Waals surface area contributed by atoms with Gasteiger partial charge >= 0.3 is 6.18 Å². The van der Waals surface area contributed by atoms with Crippen molar-refractivity contribution in [1.82, 2.24) is 14.7 Å². The average Bonchev–Trinajstić information content (AvgIpc) is 2.69. The molecule has 0 radical (unpaired) electrons. The molecule has 1 aromatic carbocycles. The monoisotopic (exact) mass is 430 g/mol. The van der Waals surface area contributed by atoms with Gasteiger partial charge in [0.2, 0.25) is 0 Å². The Morgan fingerprint density at radius 1 is 1.31 bits per heavy atom. The highest BCUT2D eigenvalue weighted by Crippen LogP contribution is 2.30. The van der Waals surface area contributed by atoms with Gasteiger partial charge in [0.1, 0.15) is 5.02 Å². The first-order valence-corrected chi connectivity index (χ1v) is 9.46. The number of benzene rings is 1. The zero-order valence-electron chi connectivity index (χ0n) is 16.1. The second kappa shape index (κ2) is 8.33. The van der Waals surface area contributed by atoms with E-state index in [0.29, 0.717) is 25.4 Å². The molecule has 2 aromatic rings. The number of halogens is 4. The number of likely N-dealkylation sites (N-methyl/N-ethyl adjacent to an activating group) is 1. The molecule has 6 nitrogen and oxygen atoms in total. The Balaban J connectivity index is 1.86. The summed E-state index contributed by atoms with van der Waals surface area (Å²) >= 11 is 6.22. The highest BCUT2D eigenvalue weighted by atomic mass is 35.5. The van der Waals surface area contributed by atoms with Crippen LogP contribution in [0.5, 0.6) is 0 Å². The molecule has 1 fully saturated rings. The number of hydrogen-bond donors (Lipinski definition) is 1. The zero-order chi connectivity index (χ0) is 21.2. The van der Waals surface area contributed by atoms with Gasteiger partial charge in [0.05, 0.1) is 23.1 Å². The minimum absolute atomic E-state index is 0.00698. The molecule has 1 saturated heterocycles. The molecule has 0 saturated carbocycles. The number of alkyl halides is 3. The van der Waals surface area contributed by atoms with Crippen LogP contribution in [0.4, 0.5) is 18.9 Å². The number of nitrogens with one attached hydrogen (secondary N) is 1. The summed E-state index contributed by atoms with van der Waals surface area (Å²) in [5, 5.41) is 7.06. The maximum atomic E-state index is 12.9. The lowest BCUT2D eigenvalue weighted by Crippen LogP contribution is -2.53. The van der Waals surface area contributed by atoms with E-state index in [1.807, 2.05) is 14.1 Å². The van der Waals surface area contributed by atoms with Crippen molar-refractivity contribution in [3.63, 3.8) is 0 Å². The highest BCUT2D eigenvalue weighted by Gasteiger charge is 2.35. The average molecular weight is 431 g/mol. The van der Waals surface area contributed by atoms with E-state index in [4.69, 9.17) is 16.3 Å². The SMILES string of the molecule is CN(C)C1(CNc2cnn(-c3cccc(C(F)(F)F)c3)c(=O)c2Cl)CCOCC1. The standard InChI is InChI=1S/C19H22ClF3N4O2/c1-26(2)18(6-8-29-9-7-18)12-24-15-11-25-27(17(28)16(15)20)14-5-3-4-13(10-14)19(21,22)23/h3-5,10-11,24H,6-9,12H2,1-2H3. The van der Waals surface area contributed by atoms with Crippen molar-refractivity contribution in [1.29, 1.82) is 0 Å². The van der Waals surface area contributed by atoms with Crippen molar-refractivity contribution >= 4 is 17.3 Å². The van der Waals surface area contributed by atoms with E-state index in [0.717, 1.165) is 29.7 Å². The van der Waals surface area contributed by atoms with Crippen LogP contribution in [0.1, 0.15) is 18.4 Å². The van der Waals surface area contributed by atoms with Gasteiger partial charge in [-0.05, 0) is 45.1 Å². The number of nitrogens with zero attached hydrogens (tertiary/aromatic N) is 3. The van der Waals surface area contributed by atoms with E-state index in [-0.39, 0.29) is 16.2 Å². The summed E-state index contributed by atoms with van der Waals surface area (Å²) in [5.74, 6) is 0. The topological polar surface area (TPSA) is 59.4 Å². The lowest BCUT2D eigenvalue weighted by Gasteiger charge is -2.43. The molecule has 10 heteroatoms. The van der Waals surface area contributed by atoms with Crippen LogP contribution >= 0.6 is 11.6 Å². The number of ether oxygens (including phenoxy) is 1. The van der Waals surface area contributed by atoms with Crippen LogP contribution in [0, 0.1) is 0 Å². The van der Waals surface area contributed by atoms with Crippen molar-refractivity contribution in [2.45, 2.75) is 24.6 Å². The Hall–Kier alpha value is -2.10. The van der Waals surface area contributed by atoms with Crippen LogP contribution in [-0.4, -0.2) is 54.1 Å². The molecule has 0 bridgehead atoms. The molecular formula is C19H22ClF3N4O2. The van der Waals surface area contributed by atoms with Gasteiger partial charge in [0.25, 0.3) is 5.56 Å². The van der Waals surface area contributed by atoms with Gasteiger partial charge in [0, 0.05) is 25.3 Å². The Morgan fingerprint density at radius 3 is 2.62 bits per heavy atom. The van der Waals surface area contributed by atoms with Gasteiger partial charge < -0.3 is 15.0 Å². The zero-order valence-corrected chi connectivity index (χ0v) is 16.8. The number of rotatable bonds is 5. The van der Waals surface area contributed by atoms with Crippen molar-refractivity contribution in [2.24, 2.45) is 0 Å². The maximum absolute atomic E-state index is 12.9. The fraction of sp³-hybridized carbons (Fsp3) is 0.474. The van der Waals surface area contributed by atoms with Crippen LogP contribution in [-0.2, 0) is 10.9 Å². The molecule has 0 spiro atoms. The third-order valence-corrected chi connectivity index (χ3v) is 5.68. The summed E-state index contributed by atoms with van der Waals surface area (Å²) in [4.78, 5) is 14.8. The van der Waals surface area contributed by atoms with E-state index in [2.05, 4.69) is 15.3 Å². The molecule has 29 heavy (non-hydrogen) atoms. The van der Waals surface area contributed by atoms with E-state index in [1.54, 1.807) is 0 Å². The van der Waals surface area contributed by atoms with Crippen LogP contribution in [0.2, 0.25) is 5.02 Å². The lowest BCUT2D eigenvalue weighted by atomic mass is 9.88. The Morgan fingerprint density at radius 2 is 2.00 bits per heavy atom. The van der Waals surface area contributed by atoms with Gasteiger partial charge in [-0.15, -0.1) is 0 Å². The Kier molecular flexibility index (Phi) is 6.21. The number of aromatic nitrogens is 2. The highest BCUT2D eigenvalue weighted by molar-refractivity contribution is 6.32. The third-order valence-electron chi connectivity index (χ3n) is 5.32. The summed E-state index contributed by atoms with van der Waals surface area (Å²) in [7, 11) is 3.97. The Bertz CT molecular complexity index is 924. The molecule has 0 atom stereocenters. The lowest BCUT2D eigenvalue weighted by molar-refractivity contribution is -0.137. The quantitative estimate of drug-likeness (QED) is 0.787. The van der Waals surface area contributed by atoms with Crippen LogP contribution in [0.15, 0.2) is 35.3 Å². The smallest absolute Gasteiger partial charge is 0.381 e. The molecule has 1 aliphatic heterocycles. The molecule has 3 rings (SSSR count). The molecule has 0 amide bonds. The van der Waals surface area contributed by atoms with Crippen LogP contribution in [0.25, 0.3) is 5.69 Å². The fourth-order valence-electron chi connectivity index (χ4n) is 3.35. The van der Waals surface area contributed by atoms with Crippen molar-refractivity contribution < 1.29 is 17.9 Å². The predicted molar refractivity (Wildman–Crippen MR) is 105 cm³/mol. The van der Waals surface area contributed by atoms with Gasteiger partial charge in [-0.1, -0.05) is 17.7 Å². The number of anilines is 1. The van der Waals surface area contributed by atoms with Gasteiger partial charge in [-0.3, -0.25) is 4.79 Å². The normalized spacial score (nSPS) is 16.8. The van der Waals surface area contributed by atoms with E-state index in [1.165, 1.54) is 18.3 Å². The molecule has 0 aliphatic carbocycles. The molecule has 0 unspecified atom stereocenters. The summed E-state index contributed by atoms with van der Waals surface area (Å²) in [5.41, 5.74) is -1.38. The van der Waals surface area contributed by atoms with Gasteiger partial charge in [-0.25, -0.2) is 0 Å². The van der Waals surface area contributed by atoms with Gasteiger partial charge in [0.15, 0.2) is 0 Å². The van der Waals surface area contributed by atoms with Crippen LogP contribution in [0.3, 0.4) is 0 Å². The minimum Gasteiger partial charge on any atom is -0.381 e. The first-order chi connectivity index (χ1) is 13.6.